The van der Waals surface area contributed by atoms with E-state index < -0.39 is 0 Å². The molecule has 1 heterocycles. The van der Waals surface area contributed by atoms with Crippen molar-refractivity contribution in [3.05, 3.63) is 28.2 Å². The van der Waals surface area contributed by atoms with E-state index in [0.717, 1.165) is 35.4 Å². The minimum Gasteiger partial charge on any atom is -0.493 e. The van der Waals surface area contributed by atoms with E-state index in [4.69, 9.17) is 10.5 Å². The van der Waals surface area contributed by atoms with Crippen LogP contribution in [0.4, 0.5) is 0 Å². The summed E-state index contributed by atoms with van der Waals surface area (Å²) in [5.41, 5.74) is 7.04. The van der Waals surface area contributed by atoms with E-state index in [1.54, 1.807) is 0 Å². The quantitative estimate of drug-likeness (QED) is 0.815. The van der Waals surface area contributed by atoms with Crippen molar-refractivity contribution in [3.63, 3.8) is 0 Å². The van der Waals surface area contributed by atoms with Crippen LogP contribution in [0.15, 0.2) is 22.7 Å². The maximum absolute atomic E-state index is 5.98. The monoisotopic (exact) mass is 326 g/mol. The Hall–Kier alpha value is -0.580. The molecule has 19 heavy (non-hydrogen) atoms. The van der Waals surface area contributed by atoms with Gasteiger partial charge in [-0.05, 0) is 57.5 Å². The van der Waals surface area contributed by atoms with Gasteiger partial charge < -0.3 is 15.4 Å². The zero-order valence-electron chi connectivity index (χ0n) is 11.6. The van der Waals surface area contributed by atoms with Crippen molar-refractivity contribution in [2.24, 2.45) is 5.73 Å². The van der Waals surface area contributed by atoms with Crippen LogP contribution >= 0.6 is 15.9 Å². The van der Waals surface area contributed by atoms with Gasteiger partial charge in [-0.2, -0.15) is 0 Å². The molecule has 0 radical (unpaired) electrons. The Morgan fingerprint density at radius 2 is 2.11 bits per heavy atom. The fraction of sp³-hybridized carbons (Fsp3) is 0.600. The summed E-state index contributed by atoms with van der Waals surface area (Å²) in [6.45, 7) is 6.40. The molecule has 106 valence electrons. The molecule has 1 aliphatic heterocycles. The van der Waals surface area contributed by atoms with Gasteiger partial charge in [0.1, 0.15) is 5.75 Å². The molecule has 1 aliphatic rings. The number of nitrogens with zero attached hydrogens (tertiary/aromatic N) is 1. The third kappa shape index (κ3) is 4.48. The van der Waals surface area contributed by atoms with E-state index in [-0.39, 0.29) is 6.04 Å². The lowest BCUT2D eigenvalue weighted by Crippen LogP contribution is -2.22. The van der Waals surface area contributed by atoms with E-state index in [2.05, 4.69) is 20.8 Å². The predicted octanol–water partition coefficient (Wildman–Crippen LogP) is 3.33. The number of likely N-dealkylation sites (tertiary alicyclic amines) is 1. The van der Waals surface area contributed by atoms with Gasteiger partial charge >= 0.3 is 0 Å². The van der Waals surface area contributed by atoms with Gasteiger partial charge in [0.25, 0.3) is 0 Å². The Morgan fingerprint density at radius 3 is 2.79 bits per heavy atom. The minimum absolute atomic E-state index is 0.00826. The lowest BCUT2D eigenvalue weighted by atomic mass is 10.1. The number of hydrogen-bond donors (Lipinski definition) is 1. The van der Waals surface area contributed by atoms with Crippen molar-refractivity contribution in [1.82, 2.24) is 4.90 Å². The van der Waals surface area contributed by atoms with Crippen molar-refractivity contribution in [2.75, 3.05) is 26.2 Å². The third-order valence-electron chi connectivity index (χ3n) is 3.54. The normalized spacial score (nSPS) is 17.6. The SMILES string of the molecule is CC(N)c1cc(Br)ccc1OCCCN1CCCC1. The summed E-state index contributed by atoms with van der Waals surface area (Å²) in [4.78, 5) is 2.51. The second-order valence-corrected chi connectivity index (χ2v) is 6.14. The average Bonchev–Trinajstić information content (AvgIpc) is 2.89. The van der Waals surface area contributed by atoms with Crippen LogP contribution in [0.1, 0.15) is 37.8 Å². The first-order valence-electron chi connectivity index (χ1n) is 7.07. The molecule has 1 atom stereocenters. The van der Waals surface area contributed by atoms with E-state index >= 15 is 0 Å². The predicted molar refractivity (Wildman–Crippen MR) is 82.5 cm³/mol. The molecule has 1 aromatic rings. The van der Waals surface area contributed by atoms with Gasteiger partial charge in [-0.3, -0.25) is 0 Å². The number of rotatable bonds is 6. The average molecular weight is 327 g/mol. The fourth-order valence-corrected chi connectivity index (χ4v) is 2.86. The van der Waals surface area contributed by atoms with Crippen LogP contribution < -0.4 is 10.5 Å². The van der Waals surface area contributed by atoms with E-state index in [9.17, 15) is 0 Å². The first-order valence-corrected chi connectivity index (χ1v) is 7.86. The Morgan fingerprint density at radius 1 is 1.37 bits per heavy atom. The molecular formula is C15H23BrN2O. The van der Waals surface area contributed by atoms with Crippen LogP contribution in [0.5, 0.6) is 5.75 Å². The van der Waals surface area contributed by atoms with Crippen LogP contribution in [-0.2, 0) is 0 Å². The van der Waals surface area contributed by atoms with Crippen LogP contribution in [0.3, 0.4) is 0 Å². The highest BCUT2D eigenvalue weighted by atomic mass is 79.9. The second kappa shape index (κ2) is 7.27. The maximum atomic E-state index is 5.98. The van der Waals surface area contributed by atoms with Crippen molar-refractivity contribution in [3.8, 4) is 5.75 Å². The summed E-state index contributed by atoms with van der Waals surface area (Å²) in [5, 5.41) is 0. The highest BCUT2D eigenvalue weighted by molar-refractivity contribution is 9.10. The standard InChI is InChI=1S/C15H23BrN2O/c1-12(17)14-11-13(16)5-6-15(14)19-10-4-9-18-7-2-3-8-18/h5-6,11-12H,2-4,7-10,17H2,1H3. The van der Waals surface area contributed by atoms with Crippen LogP contribution in [-0.4, -0.2) is 31.1 Å². The van der Waals surface area contributed by atoms with Gasteiger partial charge in [-0.1, -0.05) is 15.9 Å². The van der Waals surface area contributed by atoms with Gasteiger partial charge in [0.15, 0.2) is 0 Å². The molecule has 1 aromatic carbocycles. The fourth-order valence-electron chi connectivity index (χ4n) is 2.48. The molecule has 0 amide bonds. The van der Waals surface area contributed by atoms with Gasteiger partial charge in [0.05, 0.1) is 6.61 Å². The Bertz CT molecular complexity index is 403. The maximum Gasteiger partial charge on any atom is 0.124 e. The summed E-state index contributed by atoms with van der Waals surface area (Å²) >= 11 is 3.47. The van der Waals surface area contributed by atoms with Crippen LogP contribution in [0, 0.1) is 0 Å². The Balaban J connectivity index is 1.81. The van der Waals surface area contributed by atoms with Gasteiger partial charge in [-0.15, -0.1) is 0 Å². The van der Waals surface area contributed by atoms with Crippen molar-refractivity contribution < 1.29 is 4.74 Å². The molecule has 1 saturated heterocycles. The minimum atomic E-state index is -0.00826. The van der Waals surface area contributed by atoms with E-state index in [1.807, 2.05) is 25.1 Å². The first-order chi connectivity index (χ1) is 9.16. The molecule has 0 bridgehead atoms. The third-order valence-corrected chi connectivity index (χ3v) is 4.03. The molecule has 0 aromatic heterocycles. The van der Waals surface area contributed by atoms with Crippen LogP contribution in [0.25, 0.3) is 0 Å². The number of benzene rings is 1. The van der Waals surface area contributed by atoms with Gasteiger partial charge in [0.2, 0.25) is 0 Å². The molecule has 0 spiro atoms. The van der Waals surface area contributed by atoms with Gasteiger partial charge in [-0.25, -0.2) is 0 Å². The molecule has 2 N–H and O–H groups in total. The molecule has 1 unspecified atom stereocenters. The summed E-state index contributed by atoms with van der Waals surface area (Å²) < 4.78 is 6.93. The second-order valence-electron chi connectivity index (χ2n) is 5.22. The number of hydrogen-bond acceptors (Lipinski definition) is 3. The summed E-state index contributed by atoms with van der Waals surface area (Å²) in [5.74, 6) is 0.916. The molecule has 3 nitrogen and oxygen atoms in total. The van der Waals surface area contributed by atoms with Crippen molar-refractivity contribution in [2.45, 2.75) is 32.2 Å². The lowest BCUT2D eigenvalue weighted by Gasteiger charge is -2.17. The highest BCUT2D eigenvalue weighted by Gasteiger charge is 2.11. The highest BCUT2D eigenvalue weighted by Crippen LogP contribution is 2.27. The molecular weight excluding hydrogens is 304 g/mol. The summed E-state index contributed by atoms with van der Waals surface area (Å²) in [6, 6.07) is 6.03. The Labute approximate surface area is 124 Å². The van der Waals surface area contributed by atoms with E-state index in [1.165, 1.54) is 25.9 Å². The van der Waals surface area contributed by atoms with Crippen molar-refractivity contribution >= 4 is 15.9 Å². The molecule has 1 fully saturated rings. The molecule has 0 aliphatic carbocycles. The molecule has 0 saturated carbocycles. The summed E-state index contributed by atoms with van der Waals surface area (Å²) in [7, 11) is 0. The first kappa shape index (κ1) is 14.8. The topological polar surface area (TPSA) is 38.5 Å². The lowest BCUT2D eigenvalue weighted by molar-refractivity contribution is 0.261. The molecule has 4 heteroatoms. The Kier molecular flexibility index (Phi) is 5.67. The van der Waals surface area contributed by atoms with Crippen molar-refractivity contribution in [1.29, 1.82) is 0 Å². The molecule has 2 rings (SSSR count). The number of halogens is 1. The van der Waals surface area contributed by atoms with Crippen LogP contribution in [0.2, 0.25) is 0 Å². The number of ether oxygens (including phenoxy) is 1. The van der Waals surface area contributed by atoms with Gasteiger partial charge in [0, 0.05) is 22.6 Å². The zero-order valence-corrected chi connectivity index (χ0v) is 13.2. The largest absolute Gasteiger partial charge is 0.493 e. The smallest absolute Gasteiger partial charge is 0.124 e. The van der Waals surface area contributed by atoms with E-state index in [0.29, 0.717) is 0 Å². The zero-order chi connectivity index (χ0) is 13.7. The number of nitrogens with two attached hydrogens (primary N) is 1. The summed E-state index contributed by atoms with van der Waals surface area (Å²) in [6.07, 6.45) is 3.78.